The Labute approximate surface area is 99.0 Å². The van der Waals surface area contributed by atoms with E-state index in [4.69, 9.17) is 0 Å². The Morgan fingerprint density at radius 3 is 2.53 bits per heavy atom. The van der Waals surface area contributed by atoms with Crippen LogP contribution in [-0.2, 0) is 0 Å². The largest absolute Gasteiger partial charge is 0.207 e. The molecule has 0 radical (unpaired) electrons. The van der Waals surface area contributed by atoms with E-state index < -0.39 is 0 Å². The predicted molar refractivity (Wildman–Crippen MR) is 64.9 cm³/mol. The maximum Gasteiger partial charge on any atom is 0.123 e. The van der Waals surface area contributed by atoms with Crippen molar-refractivity contribution in [2.45, 2.75) is 31.6 Å². The van der Waals surface area contributed by atoms with Gasteiger partial charge < -0.3 is 0 Å². The molecule has 0 unspecified atom stereocenters. The van der Waals surface area contributed by atoms with E-state index in [-0.39, 0.29) is 5.82 Å². The molecule has 0 atom stereocenters. The first-order valence-corrected chi connectivity index (χ1v) is 6.73. The number of benzene rings is 1. The SMILES string of the molecule is Fc1cccc(C2CCC(CBr)CC2)c1. The van der Waals surface area contributed by atoms with Crippen LogP contribution in [0, 0.1) is 11.7 Å². The van der Waals surface area contributed by atoms with E-state index in [1.165, 1.54) is 37.3 Å². The Balaban J connectivity index is 2.01. The van der Waals surface area contributed by atoms with E-state index in [0.717, 1.165) is 11.2 Å². The van der Waals surface area contributed by atoms with Crippen molar-refractivity contribution in [2.75, 3.05) is 5.33 Å². The number of halogens is 2. The summed E-state index contributed by atoms with van der Waals surface area (Å²) in [5.74, 6) is 1.31. The van der Waals surface area contributed by atoms with Gasteiger partial charge in [0.05, 0.1) is 0 Å². The molecule has 0 nitrogen and oxygen atoms in total. The van der Waals surface area contributed by atoms with Crippen molar-refractivity contribution in [3.63, 3.8) is 0 Å². The second-order valence-corrected chi connectivity index (χ2v) is 5.07. The average molecular weight is 271 g/mol. The minimum atomic E-state index is -0.102. The van der Waals surface area contributed by atoms with Crippen LogP contribution >= 0.6 is 15.9 Å². The third-order valence-corrected chi connectivity index (χ3v) is 4.30. The zero-order valence-electron chi connectivity index (χ0n) is 8.76. The molecular weight excluding hydrogens is 255 g/mol. The first kappa shape index (κ1) is 11.1. The summed E-state index contributed by atoms with van der Waals surface area (Å²) in [6.45, 7) is 0. The summed E-state index contributed by atoms with van der Waals surface area (Å²) < 4.78 is 13.1. The van der Waals surface area contributed by atoms with Crippen LogP contribution in [-0.4, -0.2) is 5.33 Å². The van der Waals surface area contributed by atoms with E-state index in [9.17, 15) is 4.39 Å². The van der Waals surface area contributed by atoms with Crippen molar-refractivity contribution in [3.05, 3.63) is 35.6 Å². The van der Waals surface area contributed by atoms with Crippen molar-refractivity contribution in [1.82, 2.24) is 0 Å². The molecule has 1 saturated carbocycles. The lowest BCUT2D eigenvalue weighted by Gasteiger charge is -2.27. The lowest BCUT2D eigenvalue weighted by atomic mass is 9.79. The molecule has 0 bridgehead atoms. The normalized spacial score (nSPS) is 26.5. The van der Waals surface area contributed by atoms with Crippen molar-refractivity contribution in [1.29, 1.82) is 0 Å². The van der Waals surface area contributed by atoms with Gasteiger partial charge in [-0.3, -0.25) is 0 Å². The van der Waals surface area contributed by atoms with Gasteiger partial charge in [-0.05, 0) is 55.2 Å². The maximum absolute atomic E-state index is 13.1. The number of hydrogen-bond acceptors (Lipinski definition) is 0. The van der Waals surface area contributed by atoms with Crippen LogP contribution in [0.25, 0.3) is 0 Å². The summed E-state index contributed by atoms with van der Waals surface area (Å²) in [4.78, 5) is 0. The van der Waals surface area contributed by atoms with Gasteiger partial charge in [0.1, 0.15) is 5.82 Å². The van der Waals surface area contributed by atoms with Crippen molar-refractivity contribution in [2.24, 2.45) is 5.92 Å². The summed E-state index contributed by atoms with van der Waals surface area (Å²) in [7, 11) is 0. The van der Waals surface area contributed by atoms with Crippen LogP contribution < -0.4 is 0 Å². The van der Waals surface area contributed by atoms with Gasteiger partial charge in [-0.1, -0.05) is 28.1 Å². The summed E-state index contributed by atoms with van der Waals surface area (Å²) in [6, 6.07) is 7.09. The molecule has 1 aromatic carbocycles. The van der Waals surface area contributed by atoms with Gasteiger partial charge in [0.15, 0.2) is 0 Å². The zero-order chi connectivity index (χ0) is 10.7. The fourth-order valence-electron chi connectivity index (χ4n) is 2.41. The molecule has 1 aliphatic carbocycles. The van der Waals surface area contributed by atoms with Gasteiger partial charge in [0.25, 0.3) is 0 Å². The molecule has 2 rings (SSSR count). The lowest BCUT2D eigenvalue weighted by Crippen LogP contribution is -2.14. The van der Waals surface area contributed by atoms with Gasteiger partial charge in [-0.2, -0.15) is 0 Å². The summed E-state index contributed by atoms with van der Waals surface area (Å²) in [5, 5.41) is 1.11. The van der Waals surface area contributed by atoms with E-state index in [0.29, 0.717) is 5.92 Å². The predicted octanol–water partition coefficient (Wildman–Crippen LogP) is 4.49. The molecule has 0 N–H and O–H groups in total. The minimum Gasteiger partial charge on any atom is -0.207 e. The minimum absolute atomic E-state index is 0.102. The van der Waals surface area contributed by atoms with Crippen molar-refractivity contribution >= 4 is 15.9 Å². The monoisotopic (exact) mass is 270 g/mol. The second-order valence-electron chi connectivity index (χ2n) is 4.43. The number of alkyl halides is 1. The third kappa shape index (κ3) is 2.81. The van der Waals surface area contributed by atoms with Gasteiger partial charge in [-0.25, -0.2) is 4.39 Å². The molecule has 82 valence electrons. The smallest absolute Gasteiger partial charge is 0.123 e. The fourth-order valence-corrected chi connectivity index (χ4v) is 3.06. The molecule has 1 fully saturated rings. The van der Waals surface area contributed by atoms with Gasteiger partial charge in [-0.15, -0.1) is 0 Å². The summed E-state index contributed by atoms with van der Waals surface area (Å²) in [6.07, 6.45) is 4.96. The topological polar surface area (TPSA) is 0 Å². The highest BCUT2D eigenvalue weighted by atomic mass is 79.9. The molecule has 0 amide bonds. The van der Waals surface area contributed by atoms with Crippen LogP contribution in [0.1, 0.15) is 37.2 Å². The average Bonchev–Trinajstić information content (AvgIpc) is 2.29. The summed E-state index contributed by atoms with van der Waals surface area (Å²) in [5.41, 5.74) is 1.18. The van der Waals surface area contributed by atoms with E-state index in [1.807, 2.05) is 6.07 Å². The van der Waals surface area contributed by atoms with Crippen LogP contribution in [0.4, 0.5) is 4.39 Å². The Bertz CT molecular complexity index is 316. The van der Waals surface area contributed by atoms with Crippen LogP contribution in [0.2, 0.25) is 0 Å². The third-order valence-electron chi connectivity index (χ3n) is 3.39. The van der Waals surface area contributed by atoms with Crippen LogP contribution in [0.3, 0.4) is 0 Å². The molecule has 0 aliphatic heterocycles. The first-order valence-electron chi connectivity index (χ1n) is 5.61. The van der Waals surface area contributed by atoms with E-state index >= 15 is 0 Å². The Morgan fingerprint density at radius 2 is 1.93 bits per heavy atom. The molecule has 0 saturated heterocycles. The Kier molecular flexibility index (Phi) is 3.79. The van der Waals surface area contributed by atoms with Gasteiger partial charge in [0.2, 0.25) is 0 Å². The molecule has 0 spiro atoms. The fraction of sp³-hybridized carbons (Fsp3) is 0.538. The molecule has 2 heteroatoms. The lowest BCUT2D eigenvalue weighted by molar-refractivity contribution is 0.353. The van der Waals surface area contributed by atoms with E-state index in [1.54, 1.807) is 6.07 Å². The molecule has 1 aromatic rings. The van der Waals surface area contributed by atoms with Gasteiger partial charge in [0, 0.05) is 5.33 Å². The zero-order valence-corrected chi connectivity index (χ0v) is 10.3. The Hall–Kier alpha value is -0.370. The highest BCUT2D eigenvalue weighted by Crippen LogP contribution is 2.36. The quantitative estimate of drug-likeness (QED) is 0.695. The Morgan fingerprint density at radius 1 is 1.20 bits per heavy atom. The van der Waals surface area contributed by atoms with Crippen molar-refractivity contribution in [3.8, 4) is 0 Å². The summed E-state index contributed by atoms with van der Waals surface area (Å²) >= 11 is 3.54. The van der Waals surface area contributed by atoms with Crippen LogP contribution in [0.15, 0.2) is 24.3 Å². The molecule has 1 aliphatic rings. The second kappa shape index (κ2) is 5.11. The standard InChI is InChI=1S/C13H16BrF/c14-9-10-4-6-11(7-5-10)12-2-1-3-13(15)8-12/h1-3,8,10-11H,4-7,9H2. The molecule has 0 heterocycles. The van der Waals surface area contributed by atoms with E-state index in [2.05, 4.69) is 22.0 Å². The maximum atomic E-state index is 13.1. The first-order chi connectivity index (χ1) is 7.29. The highest BCUT2D eigenvalue weighted by molar-refractivity contribution is 9.09. The van der Waals surface area contributed by atoms with Crippen molar-refractivity contribution < 1.29 is 4.39 Å². The number of hydrogen-bond donors (Lipinski definition) is 0. The molecule has 0 aromatic heterocycles. The highest BCUT2D eigenvalue weighted by Gasteiger charge is 2.21. The molecular formula is C13H16BrF. The number of rotatable bonds is 2. The molecule has 15 heavy (non-hydrogen) atoms. The van der Waals surface area contributed by atoms with Gasteiger partial charge >= 0.3 is 0 Å². The van der Waals surface area contributed by atoms with Crippen LogP contribution in [0.5, 0.6) is 0 Å².